The first kappa shape index (κ1) is 21.3. The summed E-state index contributed by atoms with van der Waals surface area (Å²) in [7, 11) is -3.27. The minimum absolute atomic E-state index is 0.0216. The van der Waals surface area contributed by atoms with E-state index in [4.69, 9.17) is 11.6 Å². The summed E-state index contributed by atoms with van der Waals surface area (Å²) in [5.74, 6) is 0.193. The monoisotopic (exact) mass is 466 g/mol. The van der Waals surface area contributed by atoms with Gasteiger partial charge in [-0.2, -0.15) is 0 Å². The first-order valence-corrected chi connectivity index (χ1v) is 12.9. The fourth-order valence-electron chi connectivity index (χ4n) is 3.69. The van der Waals surface area contributed by atoms with Gasteiger partial charge in [0.1, 0.15) is 18.1 Å². The van der Waals surface area contributed by atoms with Gasteiger partial charge in [-0.3, -0.25) is 9.69 Å². The Kier molecular flexibility index (Phi) is 6.15. The maximum absolute atomic E-state index is 13.0. The van der Waals surface area contributed by atoms with Gasteiger partial charge < -0.3 is 9.47 Å². The van der Waals surface area contributed by atoms with Crippen LogP contribution in [0, 0.1) is 0 Å². The molecule has 0 saturated carbocycles. The number of amides is 1. The van der Waals surface area contributed by atoms with Crippen LogP contribution in [0.15, 0.2) is 36.4 Å². The minimum Gasteiger partial charge on any atom is -0.339 e. The van der Waals surface area contributed by atoms with Crippen molar-refractivity contribution in [1.29, 1.82) is 0 Å². The van der Waals surface area contributed by atoms with Crippen molar-refractivity contribution in [3.8, 4) is 0 Å². The lowest BCUT2D eigenvalue weighted by atomic mass is 10.3. The molecule has 1 aliphatic rings. The second-order valence-corrected chi connectivity index (χ2v) is 11.5. The van der Waals surface area contributed by atoms with E-state index in [1.807, 2.05) is 41.3 Å². The third-order valence-corrected chi connectivity index (χ3v) is 7.15. The molecule has 0 atom stereocenters. The molecule has 10 heteroatoms. The lowest BCUT2D eigenvalue weighted by Crippen LogP contribution is -2.49. The Morgan fingerprint density at radius 2 is 1.87 bits per heavy atom. The average molecular weight is 467 g/mol. The third kappa shape index (κ3) is 5.03. The average Bonchev–Trinajstić information content (AvgIpc) is 3.24. The molecule has 1 aliphatic heterocycles. The second kappa shape index (κ2) is 8.66. The molecule has 1 amide bonds. The molecule has 7 nitrogen and oxygen atoms in total. The quantitative estimate of drug-likeness (QED) is 0.558. The predicted molar refractivity (Wildman–Crippen MR) is 119 cm³/mol. The number of fused-ring (bicyclic) bond motifs is 1. The highest BCUT2D eigenvalue weighted by Gasteiger charge is 2.24. The third-order valence-electron chi connectivity index (χ3n) is 5.15. The molecule has 1 fully saturated rings. The Hall–Kier alpha value is -1.94. The Labute approximate surface area is 184 Å². The van der Waals surface area contributed by atoms with Gasteiger partial charge in [0.15, 0.2) is 9.84 Å². The molecule has 4 rings (SSSR count). The summed E-state index contributed by atoms with van der Waals surface area (Å²) in [6.07, 6.45) is 1.18. The smallest absolute Gasteiger partial charge is 0.242 e. The van der Waals surface area contributed by atoms with Crippen molar-refractivity contribution in [1.82, 2.24) is 19.4 Å². The number of sulfone groups is 1. The maximum atomic E-state index is 13.0. The molecule has 0 aliphatic carbocycles. The summed E-state index contributed by atoms with van der Waals surface area (Å²) < 4.78 is 26.2. The van der Waals surface area contributed by atoms with Crippen molar-refractivity contribution < 1.29 is 13.2 Å². The highest BCUT2D eigenvalue weighted by Crippen LogP contribution is 2.23. The SMILES string of the molecule is CS(=O)(=O)Cc1nc2ccccc2n1CC(=O)N1CCN(Cc2ccc(Cl)s2)CC1. The zero-order chi connectivity index (χ0) is 21.3. The lowest BCUT2D eigenvalue weighted by Gasteiger charge is -2.34. The van der Waals surface area contributed by atoms with Crippen LogP contribution in [0.1, 0.15) is 10.7 Å². The van der Waals surface area contributed by atoms with Gasteiger partial charge >= 0.3 is 0 Å². The number of carbonyl (C=O) groups is 1. The van der Waals surface area contributed by atoms with Crippen LogP contribution in [0.2, 0.25) is 4.34 Å². The van der Waals surface area contributed by atoms with Crippen molar-refractivity contribution in [2.24, 2.45) is 0 Å². The summed E-state index contributed by atoms with van der Waals surface area (Å²) in [5, 5.41) is 0. The molecule has 0 bridgehead atoms. The van der Waals surface area contributed by atoms with E-state index >= 15 is 0 Å². The number of hydrogen-bond donors (Lipinski definition) is 0. The predicted octanol–water partition coefficient (Wildman–Crippen LogP) is 2.64. The number of benzene rings is 1. The molecular weight excluding hydrogens is 444 g/mol. The van der Waals surface area contributed by atoms with Gasteiger partial charge in [-0.25, -0.2) is 13.4 Å². The van der Waals surface area contributed by atoms with Crippen LogP contribution in [0.3, 0.4) is 0 Å². The van der Waals surface area contributed by atoms with Crippen molar-refractivity contribution in [2.75, 3.05) is 32.4 Å². The molecule has 0 radical (unpaired) electrons. The van der Waals surface area contributed by atoms with E-state index in [9.17, 15) is 13.2 Å². The van der Waals surface area contributed by atoms with Crippen molar-refractivity contribution >= 4 is 49.7 Å². The largest absolute Gasteiger partial charge is 0.339 e. The van der Waals surface area contributed by atoms with Crippen LogP contribution in [-0.4, -0.2) is 66.1 Å². The highest BCUT2D eigenvalue weighted by molar-refractivity contribution is 7.89. The fourth-order valence-corrected chi connectivity index (χ4v) is 5.51. The number of halogens is 1. The number of rotatable bonds is 6. The summed E-state index contributed by atoms with van der Waals surface area (Å²) in [6.45, 7) is 3.80. The Morgan fingerprint density at radius 3 is 2.53 bits per heavy atom. The number of thiophene rings is 1. The number of piperazine rings is 1. The number of para-hydroxylation sites is 2. The van der Waals surface area contributed by atoms with Gasteiger partial charge in [0.05, 0.1) is 15.4 Å². The van der Waals surface area contributed by atoms with Gasteiger partial charge in [-0.15, -0.1) is 11.3 Å². The number of hydrogen-bond acceptors (Lipinski definition) is 6. The van der Waals surface area contributed by atoms with E-state index in [0.29, 0.717) is 24.4 Å². The molecule has 3 aromatic rings. The van der Waals surface area contributed by atoms with Crippen LogP contribution in [0.5, 0.6) is 0 Å². The van der Waals surface area contributed by atoms with E-state index in [1.165, 1.54) is 11.1 Å². The van der Waals surface area contributed by atoms with E-state index in [-0.39, 0.29) is 18.2 Å². The topological polar surface area (TPSA) is 75.5 Å². The van der Waals surface area contributed by atoms with Gasteiger partial charge in [-0.05, 0) is 24.3 Å². The fraction of sp³-hybridized carbons (Fsp3) is 0.400. The van der Waals surface area contributed by atoms with Crippen molar-refractivity contribution in [2.45, 2.75) is 18.8 Å². The number of imidazole rings is 1. The van der Waals surface area contributed by atoms with Crippen LogP contribution >= 0.6 is 22.9 Å². The molecule has 0 N–H and O–H groups in total. The van der Waals surface area contributed by atoms with Crippen molar-refractivity contribution in [3.63, 3.8) is 0 Å². The molecule has 0 unspecified atom stereocenters. The van der Waals surface area contributed by atoms with Gasteiger partial charge in [0, 0.05) is 43.9 Å². The second-order valence-electron chi connectivity index (χ2n) is 7.54. The molecule has 1 saturated heterocycles. The standard InChI is InChI=1S/C20H23ClN4O3S2/c1-30(27,28)14-19-22-16-4-2-3-5-17(16)25(19)13-20(26)24-10-8-23(9-11-24)12-15-6-7-18(21)29-15/h2-7H,8-14H2,1H3. The Morgan fingerprint density at radius 1 is 1.13 bits per heavy atom. The van der Waals surface area contributed by atoms with E-state index in [2.05, 4.69) is 9.88 Å². The summed E-state index contributed by atoms with van der Waals surface area (Å²) in [4.78, 5) is 22.8. The van der Waals surface area contributed by atoms with Crippen LogP contribution in [0.4, 0.5) is 0 Å². The number of nitrogens with zero attached hydrogens (tertiary/aromatic N) is 4. The van der Waals surface area contributed by atoms with E-state index in [0.717, 1.165) is 29.5 Å². The van der Waals surface area contributed by atoms with E-state index < -0.39 is 9.84 Å². The van der Waals surface area contributed by atoms with Crippen molar-refractivity contribution in [3.05, 3.63) is 51.4 Å². The zero-order valence-electron chi connectivity index (χ0n) is 16.6. The lowest BCUT2D eigenvalue weighted by molar-refractivity contribution is -0.133. The van der Waals surface area contributed by atoms with Crippen LogP contribution in [-0.2, 0) is 33.5 Å². The van der Waals surface area contributed by atoms with Crippen LogP contribution in [0.25, 0.3) is 11.0 Å². The first-order valence-electron chi connectivity index (χ1n) is 9.65. The molecule has 160 valence electrons. The molecule has 2 aromatic heterocycles. The zero-order valence-corrected chi connectivity index (χ0v) is 19.0. The van der Waals surface area contributed by atoms with Gasteiger partial charge in [0.25, 0.3) is 0 Å². The van der Waals surface area contributed by atoms with Gasteiger partial charge in [0.2, 0.25) is 5.91 Å². The minimum atomic E-state index is -3.27. The number of carbonyl (C=O) groups excluding carboxylic acids is 1. The first-order chi connectivity index (χ1) is 14.3. The highest BCUT2D eigenvalue weighted by atomic mass is 35.5. The number of aromatic nitrogens is 2. The molecule has 3 heterocycles. The summed E-state index contributed by atoms with van der Waals surface area (Å²) in [5.41, 5.74) is 1.47. The van der Waals surface area contributed by atoms with Crippen LogP contribution < -0.4 is 0 Å². The van der Waals surface area contributed by atoms with E-state index in [1.54, 1.807) is 15.9 Å². The normalized spacial score (nSPS) is 15.7. The van der Waals surface area contributed by atoms with Gasteiger partial charge in [-0.1, -0.05) is 23.7 Å². The molecule has 1 aromatic carbocycles. The molecule has 30 heavy (non-hydrogen) atoms. The summed E-state index contributed by atoms with van der Waals surface area (Å²) >= 11 is 7.59. The molecular formula is C20H23ClN4O3S2. The summed E-state index contributed by atoms with van der Waals surface area (Å²) in [6, 6.07) is 11.4. The maximum Gasteiger partial charge on any atom is 0.242 e. The Balaban J connectivity index is 1.44. The molecule has 0 spiro atoms. The Bertz CT molecular complexity index is 1160.